The molecule has 0 saturated carbocycles. The van der Waals surface area contributed by atoms with E-state index in [4.69, 9.17) is 9.84 Å². The summed E-state index contributed by atoms with van der Waals surface area (Å²) in [5.41, 5.74) is -0.427. The lowest BCUT2D eigenvalue weighted by molar-refractivity contribution is -0.900. The molecular formula is C25H54NO3+. The van der Waals surface area contributed by atoms with Gasteiger partial charge in [0.25, 0.3) is 0 Å². The van der Waals surface area contributed by atoms with Crippen LogP contribution in [0.5, 0.6) is 0 Å². The molecule has 1 atom stereocenters. The van der Waals surface area contributed by atoms with Crippen molar-refractivity contribution in [3.63, 3.8) is 0 Å². The number of aliphatic hydroxyl groups excluding tert-OH is 1. The van der Waals surface area contributed by atoms with Crippen molar-refractivity contribution in [3.8, 4) is 0 Å². The second-order valence-electron chi connectivity index (χ2n) is 9.20. The standard InChI is InChI=1S/C15H33N.C10H20O3/c1-4-7-10-13-16(14-11-8-5-2)15-12-9-6-3;1-5-6-10(3,4)9(12)13-7-8(2)11/h4-15H2,1-3H3;8,11H,5-7H2,1-4H3/p+1. The Morgan fingerprint density at radius 1 is 0.828 bits per heavy atom. The molecule has 176 valence electrons. The highest BCUT2D eigenvalue weighted by Crippen LogP contribution is 2.23. The molecule has 0 aromatic rings. The molecular weight excluding hydrogens is 362 g/mol. The van der Waals surface area contributed by atoms with Crippen LogP contribution in [0.25, 0.3) is 0 Å². The predicted molar refractivity (Wildman–Crippen MR) is 125 cm³/mol. The molecule has 1 unspecified atom stereocenters. The summed E-state index contributed by atoms with van der Waals surface area (Å²) < 4.78 is 4.93. The van der Waals surface area contributed by atoms with E-state index in [-0.39, 0.29) is 12.6 Å². The van der Waals surface area contributed by atoms with E-state index in [0.29, 0.717) is 0 Å². The van der Waals surface area contributed by atoms with Crippen molar-refractivity contribution >= 4 is 5.97 Å². The third kappa shape index (κ3) is 20.4. The molecule has 0 heterocycles. The van der Waals surface area contributed by atoms with Crippen LogP contribution in [0, 0.1) is 5.41 Å². The number of carbonyl (C=O) groups is 1. The molecule has 0 rings (SSSR count). The van der Waals surface area contributed by atoms with E-state index in [2.05, 4.69) is 20.8 Å². The lowest BCUT2D eigenvalue weighted by Gasteiger charge is -2.22. The van der Waals surface area contributed by atoms with Gasteiger partial charge in [-0.05, 0) is 65.7 Å². The van der Waals surface area contributed by atoms with Gasteiger partial charge < -0.3 is 14.7 Å². The van der Waals surface area contributed by atoms with E-state index >= 15 is 0 Å². The van der Waals surface area contributed by atoms with Crippen LogP contribution >= 0.6 is 0 Å². The number of esters is 1. The van der Waals surface area contributed by atoms with Gasteiger partial charge in [-0.3, -0.25) is 4.79 Å². The van der Waals surface area contributed by atoms with Crippen molar-refractivity contribution < 1.29 is 19.5 Å². The Kier molecular flexibility index (Phi) is 21.8. The van der Waals surface area contributed by atoms with E-state index < -0.39 is 11.5 Å². The topological polar surface area (TPSA) is 51.0 Å². The molecule has 0 aliphatic rings. The summed E-state index contributed by atoms with van der Waals surface area (Å²) in [4.78, 5) is 13.3. The highest BCUT2D eigenvalue weighted by atomic mass is 16.5. The van der Waals surface area contributed by atoms with Gasteiger partial charge in [0.1, 0.15) is 6.61 Å². The van der Waals surface area contributed by atoms with Gasteiger partial charge in [-0.1, -0.05) is 53.4 Å². The van der Waals surface area contributed by atoms with Crippen molar-refractivity contribution in [2.75, 3.05) is 26.2 Å². The van der Waals surface area contributed by atoms with Gasteiger partial charge in [0, 0.05) is 0 Å². The Balaban J connectivity index is 0. The number of hydrogen-bond acceptors (Lipinski definition) is 3. The zero-order chi connectivity index (χ0) is 22.5. The normalized spacial score (nSPS) is 12.4. The Morgan fingerprint density at radius 2 is 1.24 bits per heavy atom. The molecule has 2 N–H and O–H groups in total. The van der Waals surface area contributed by atoms with Gasteiger partial charge in [0.05, 0.1) is 31.2 Å². The SMILES string of the molecule is CCCC(C)(C)C(=O)OCC(C)O.CCCCC[NH+](CCCCC)CCCCC. The maximum absolute atomic E-state index is 11.4. The van der Waals surface area contributed by atoms with E-state index in [9.17, 15) is 4.79 Å². The monoisotopic (exact) mass is 416 g/mol. The van der Waals surface area contributed by atoms with Crippen LogP contribution in [0.2, 0.25) is 0 Å². The number of rotatable bonds is 17. The third-order valence-corrected chi connectivity index (χ3v) is 5.28. The Bertz CT molecular complexity index is 332. The molecule has 4 heteroatoms. The van der Waals surface area contributed by atoms with Crippen LogP contribution in [0.1, 0.15) is 119 Å². The molecule has 0 aromatic heterocycles. The highest BCUT2D eigenvalue weighted by Gasteiger charge is 2.28. The number of aliphatic hydroxyl groups is 1. The molecule has 29 heavy (non-hydrogen) atoms. The van der Waals surface area contributed by atoms with E-state index in [1.807, 2.05) is 25.7 Å². The molecule has 0 aliphatic carbocycles. The van der Waals surface area contributed by atoms with Crippen LogP contribution in [0.3, 0.4) is 0 Å². The quantitative estimate of drug-likeness (QED) is 0.254. The van der Waals surface area contributed by atoms with Crippen LogP contribution in [-0.2, 0) is 9.53 Å². The minimum absolute atomic E-state index is 0.0893. The fourth-order valence-corrected chi connectivity index (χ4v) is 3.37. The summed E-state index contributed by atoms with van der Waals surface area (Å²) in [7, 11) is 0. The molecule has 0 amide bonds. The Hall–Kier alpha value is -0.610. The molecule has 0 fully saturated rings. The highest BCUT2D eigenvalue weighted by molar-refractivity contribution is 5.75. The van der Waals surface area contributed by atoms with Gasteiger partial charge in [-0.15, -0.1) is 0 Å². The Labute approximate surface area is 182 Å². The van der Waals surface area contributed by atoms with Crippen molar-refractivity contribution in [1.29, 1.82) is 0 Å². The average Bonchev–Trinajstić information content (AvgIpc) is 2.66. The molecule has 4 nitrogen and oxygen atoms in total. The van der Waals surface area contributed by atoms with Crippen molar-refractivity contribution in [2.24, 2.45) is 5.41 Å². The molecule has 0 bridgehead atoms. The number of ether oxygens (including phenoxy) is 1. The molecule has 0 aliphatic heterocycles. The van der Waals surface area contributed by atoms with E-state index in [0.717, 1.165) is 12.8 Å². The minimum atomic E-state index is -0.582. The van der Waals surface area contributed by atoms with Crippen molar-refractivity contribution in [2.45, 2.75) is 125 Å². The first kappa shape index (κ1) is 30.6. The maximum Gasteiger partial charge on any atom is 0.311 e. The average molecular weight is 417 g/mol. The number of nitrogens with one attached hydrogen (secondary N) is 1. The van der Waals surface area contributed by atoms with Crippen LogP contribution in [0.15, 0.2) is 0 Å². The van der Waals surface area contributed by atoms with Crippen molar-refractivity contribution in [3.05, 3.63) is 0 Å². The second-order valence-corrected chi connectivity index (χ2v) is 9.20. The van der Waals surface area contributed by atoms with Crippen LogP contribution in [-0.4, -0.2) is 43.4 Å². The predicted octanol–water partition coefficient (Wildman–Crippen LogP) is 5.18. The van der Waals surface area contributed by atoms with Gasteiger partial charge in [0.2, 0.25) is 0 Å². The first-order valence-corrected chi connectivity index (χ1v) is 12.4. The van der Waals surface area contributed by atoms with Gasteiger partial charge >= 0.3 is 5.97 Å². The van der Waals surface area contributed by atoms with E-state index in [1.54, 1.807) is 6.92 Å². The molecule has 0 aromatic carbocycles. The zero-order valence-corrected chi connectivity index (χ0v) is 20.9. The van der Waals surface area contributed by atoms with Gasteiger partial charge in [-0.2, -0.15) is 0 Å². The molecule has 0 saturated heterocycles. The second kappa shape index (κ2) is 20.7. The maximum atomic E-state index is 11.4. The fourth-order valence-electron chi connectivity index (χ4n) is 3.37. The third-order valence-electron chi connectivity index (χ3n) is 5.28. The smallest absolute Gasteiger partial charge is 0.311 e. The fraction of sp³-hybridized carbons (Fsp3) is 0.960. The van der Waals surface area contributed by atoms with Crippen LogP contribution in [0.4, 0.5) is 0 Å². The number of unbranched alkanes of at least 4 members (excludes halogenated alkanes) is 6. The Morgan fingerprint density at radius 3 is 1.55 bits per heavy atom. The summed E-state index contributed by atoms with van der Waals surface area (Å²) in [6.45, 7) is 18.6. The summed E-state index contributed by atoms with van der Waals surface area (Å²) in [6, 6.07) is 0. The lowest BCUT2D eigenvalue weighted by atomic mass is 9.88. The summed E-state index contributed by atoms with van der Waals surface area (Å²) >= 11 is 0. The first-order valence-electron chi connectivity index (χ1n) is 12.4. The number of carbonyl (C=O) groups excluding carboxylic acids is 1. The van der Waals surface area contributed by atoms with Gasteiger partial charge in [0.15, 0.2) is 0 Å². The first-order chi connectivity index (χ1) is 13.7. The lowest BCUT2D eigenvalue weighted by Crippen LogP contribution is -3.12. The number of hydrogen-bond donors (Lipinski definition) is 2. The zero-order valence-electron chi connectivity index (χ0n) is 20.9. The number of quaternary nitrogens is 1. The van der Waals surface area contributed by atoms with Gasteiger partial charge in [-0.25, -0.2) is 0 Å². The summed E-state index contributed by atoms with van der Waals surface area (Å²) in [5, 5.41) is 8.92. The summed E-state index contributed by atoms with van der Waals surface area (Å²) in [5.74, 6) is -0.227. The molecule has 0 radical (unpaired) electrons. The molecule has 0 spiro atoms. The minimum Gasteiger partial charge on any atom is -0.463 e. The van der Waals surface area contributed by atoms with E-state index in [1.165, 1.54) is 77.4 Å². The van der Waals surface area contributed by atoms with Crippen LogP contribution < -0.4 is 4.90 Å². The largest absolute Gasteiger partial charge is 0.463 e. The van der Waals surface area contributed by atoms with Crippen molar-refractivity contribution in [1.82, 2.24) is 0 Å². The summed E-state index contributed by atoms with van der Waals surface area (Å²) in [6.07, 6.45) is 13.8.